The number of nitrogens with one attached hydrogen (secondary N) is 1. The molecule has 0 aromatic heterocycles. The van der Waals surface area contributed by atoms with Crippen molar-refractivity contribution in [3.8, 4) is 0 Å². The minimum absolute atomic E-state index is 0.165. The number of benzene rings is 1. The maximum atomic E-state index is 3.76. The van der Waals surface area contributed by atoms with Crippen molar-refractivity contribution in [1.82, 2.24) is 5.32 Å². The summed E-state index contributed by atoms with van der Waals surface area (Å²) in [4.78, 5) is 0. The van der Waals surface area contributed by atoms with E-state index in [4.69, 9.17) is 0 Å². The maximum Gasteiger partial charge on any atom is 0.0469 e. The lowest BCUT2D eigenvalue weighted by atomic mass is 9.74. The van der Waals surface area contributed by atoms with Crippen LogP contribution >= 0.6 is 15.9 Å². The highest BCUT2D eigenvalue weighted by Crippen LogP contribution is 2.40. The summed E-state index contributed by atoms with van der Waals surface area (Å²) in [5.41, 5.74) is 1.59. The summed E-state index contributed by atoms with van der Waals surface area (Å²) in [6, 6.07) is 8.63. The first-order chi connectivity index (χ1) is 7.67. The van der Waals surface area contributed by atoms with E-state index in [-0.39, 0.29) is 5.54 Å². The lowest BCUT2D eigenvalue weighted by Gasteiger charge is -2.43. The standard InChI is InChI=1S/C14H20BrN/c1-11(2)14(9-5-6-10-16-14)12-7-3-4-8-13(12)15/h3-4,7-8,11,16H,5-6,9-10H2,1-2H3. The van der Waals surface area contributed by atoms with Gasteiger partial charge in [0.25, 0.3) is 0 Å². The van der Waals surface area contributed by atoms with Crippen molar-refractivity contribution < 1.29 is 0 Å². The fourth-order valence-corrected chi connectivity index (χ4v) is 3.42. The Bertz CT molecular complexity index is 354. The molecule has 88 valence electrons. The maximum absolute atomic E-state index is 3.76. The van der Waals surface area contributed by atoms with Gasteiger partial charge in [-0.1, -0.05) is 48.0 Å². The smallest absolute Gasteiger partial charge is 0.0469 e. The fraction of sp³-hybridized carbons (Fsp3) is 0.571. The van der Waals surface area contributed by atoms with Crippen molar-refractivity contribution in [2.75, 3.05) is 6.54 Å². The van der Waals surface area contributed by atoms with Crippen LogP contribution < -0.4 is 5.32 Å². The van der Waals surface area contributed by atoms with E-state index in [0.717, 1.165) is 6.54 Å². The highest BCUT2D eigenvalue weighted by Gasteiger charge is 2.37. The van der Waals surface area contributed by atoms with Gasteiger partial charge in [0.15, 0.2) is 0 Å². The van der Waals surface area contributed by atoms with Gasteiger partial charge in [-0.25, -0.2) is 0 Å². The predicted octanol–water partition coefficient (Wildman–Crippen LogP) is 4.07. The average molecular weight is 282 g/mol. The minimum Gasteiger partial charge on any atom is -0.307 e. The largest absolute Gasteiger partial charge is 0.307 e. The lowest BCUT2D eigenvalue weighted by molar-refractivity contribution is 0.183. The van der Waals surface area contributed by atoms with Gasteiger partial charge in [0.05, 0.1) is 0 Å². The SMILES string of the molecule is CC(C)C1(c2ccccc2Br)CCCCN1. The zero-order valence-electron chi connectivity index (χ0n) is 10.1. The van der Waals surface area contributed by atoms with Gasteiger partial charge in [-0.3, -0.25) is 0 Å². The van der Waals surface area contributed by atoms with Gasteiger partial charge in [-0.15, -0.1) is 0 Å². The third-order valence-corrected chi connectivity index (χ3v) is 4.47. The zero-order valence-corrected chi connectivity index (χ0v) is 11.7. The molecule has 16 heavy (non-hydrogen) atoms. The summed E-state index contributed by atoms with van der Waals surface area (Å²) in [6.07, 6.45) is 3.87. The zero-order chi connectivity index (χ0) is 11.6. The summed E-state index contributed by atoms with van der Waals surface area (Å²) in [6.45, 7) is 5.77. The molecule has 1 aromatic rings. The molecule has 1 nitrogen and oxygen atoms in total. The van der Waals surface area contributed by atoms with Gasteiger partial charge in [0, 0.05) is 10.0 Å². The van der Waals surface area contributed by atoms with E-state index in [2.05, 4.69) is 59.4 Å². The molecule has 1 fully saturated rings. The van der Waals surface area contributed by atoms with Crippen LogP contribution in [0.25, 0.3) is 0 Å². The molecular weight excluding hydrogens is 262 g/mol. The molecule has 0 aliphatic carbocycles. The molecule has 0 bridgehead atoms. The van der Waals surface area contributed by atoms with Crippen molar-refractivity contribution in [2.45, 2.75) is 38.6 Å². The second-order valence-corrected chi connectivity index (χ2v) is 5.84. The van der Waals surface area contributed by atoms with Gasteiger partial charge in [-0.2, -0.15) is 0 Å². The van der Waals surface area contributed by atoms with Crippen molar-refractivity contribution in [2.24, 2.45) is 5.92 Å². The van der Waals surface area contributed by atoms with Gasteiger partial charge in [-0.05, 0) is 43.4 Å². The molecule has 0 amide bonds. The van der Waals surface area contributed by atoms with Gasteiger partial charge >= 0.3 is 0 Å². The third-order valence-electron chi connectivity index (χ3n) is 3.78. The van der Waals surface area contributed by atoms with Crippen LogP contribution in [-0.2, 0) is 5.54 Å². The molecule has 2 heteroatoms. The Hall–Kier alpha value is -0.340. The lowest BCUT2D eigenvalue weighted by Crippen LogP contribution is -2.49. The molecule has 1 N–H and O–H groups in total. The van der Waals surface area contributed by atoms with Crippen LogP contribution in [0.3, 0.4) is 0 Å². The Morgan fingerprint density at radius 2 is 2.00 bits per heavy atom. The Labute approximate surface area is 107 Å². The molecule has 0 saturated carbocycles. The van der Waals surface area contributed by atoms with E-state index < -0.39 is 0 Å². The van der Waals surface area contributed by atoms with Gasteiger partial charge < -0.3 is 5.32 Å². The summed E-state index contributed by atoms with van der Waals surface area (Å²) < 4.78 is 1.23. The van der Waals surface area contributed by atoms with Crippen LogP contribution in [0.1, 0.15) is 38.7 Å². The van der Waals surface area contributed by atoms with Crippen LogP contribution in [0, 0.1) is 5.92 Å². The Balaban J connectivity index is 2.43. The first-order valence-electron chi connectivity index (χ1n) is 6.17. The van der Waals surface area contributed by atoms with E-state index in [1.54, 1.807) is 0 Å². The molecule has 1 atom stereocenters. The molecule has 1 unspecified atom stereocenters. The van der Waals surface area contributed by atoms with Crippen molar-refractivity contribution >= 4 is 15.9 Å². The van der Waals surface area contributed by atoms with Crippen LogP contribution in [0.5, 0.6) is 0 Å². The number of hydrogen-bond acceptors (Lipinski definition) is 1. The third kappa shape index (κ3) is 2.05. The van der Waals surface area contributed by atoms with E-state index >= 15 is 0 Å². The Morgan fingerprint density at radius 1 is 1.25 bits per heavy atom. The molecule has 1 aliphatic rings. The average Bonchev–Trinajstić information content (AvgIpc) is 2.30. The normalized spacial score (nSPS) is 26.0. The first-order valence-corrected chi connectivity index (χ1v) is 6.96. The summed E-state index contributed by atoms with van der Waals surface area (Å²) in [7, 11) is 0. The molecule has 1 aromatic carbocycles. The fourth-order valence-electron chi connectivity index (χ4n) is 2.79. The topological polar surface area (TPSA) is 12.0 Å². The monoisotopic (exact) mass is 281 g/mol. The quantitative estimate of drug-likeness (QED) is 0.862. The second-order valence-electron chi connectivity index (χ2n) is 4.99. The van der Waals surface area contributed by atoms with E-state index in [1.807, 2.05) is 0 Å². The summed E-state index contributed by atoms with van der Waals surface area (Å²) >= 11 is 3.70. The molecule has 0 radical (unpaired) electrons. The number of piperidine rings is 1. The summed E-state index contributed by atoms with van der Waals surface area (Å²) in [5, 5.41) is 3.76. The van der Waals surface area contributed by atoms with Gasteiger partial charge in [0.2, 0.25) is 0 Å². The van der Waals surface area contributed by atoms with E-state index in [9.17, 15) is 0 Å². The van der Waals surface area contributed by atoms with Crippen molar-refractivity contribution in [3.63, 3.8) is 0 Å². The number of rotatable bonds is 2. The molecule has 1 heterocycles. The van der Waals surface area contributed by atoms with E-state index in [1.165, 1.54) is 29.3 Å². The number of hydrogen-bond donors (Lipinski definition) is 1. The number of halogens is 1. The highest BCUT2D eigenvalue weighted by molar-refractivity contribution is 9.10. The van der Waals surface area contributed by atoms with Crippen LogP contribution in [0.2, 0.25) is 0 Å². The molecule has 1 aliphatic heterocycles. The van der Waals surface area contributed by atoms with Crippen LogP contribution in [0.4, 0.5) is 0 Å². The Kier molecular flexibility index (Phi) is 3.70. The first kappa shape index (κ1) is 12.1. The van der Waals surface area contributed by atoms with Crippen molar-refractivity contribution in [1.29, 1.82) is 0 Å². The molecule has 1 saturated heterocycles. The van der Waals surface area contributed by atoms with Gasteiger partial charge in [0.1, 0.15) is 0 Å². The Morgan fingerprint density at radius 3 is 2.56 bits per heavy atom. The summed E-state index contributed by atoms with van der Waals surface area (Å²) in [5.74, 6) is 0.617. The molecule has 2 rings (SSSR count). The predicted molar refractivity (Wildman–Crippen MR) is 72.5 cm³/mol. The molecular formula is C14H20BrN. The highest BCUT2D eigenvalue weighted by atomic mass is 79.9. The van der Waals surface area contributed by atoms with E-state index in [0.29, 0.717) is 5.92 Å². The van der Waals surface area contributed by atoms with Crippen LogP contribution in [0.15, 0.2) is 28.7 Å². The second kappa shape index (κ2) is 4.89. The van der Waals surface area contributed by atoms with Crippen LogP contribution in [-0.4, -0.2) is 6.54 Å². The van der Waals surface area contributed by atoms with Crippen molar-refractivity contribution in [3.05, 3.63) is 34.3 Å². The molecule has 0 spiro atoms. The minimum atomic E-state index is 0.165.